The maximum Gasteiger partial charge on any atom is 0.323 e. The predicted molar refractivity (Wildman–Crippen MR) is 106 cm³/mol. The summed E-state index contributed by atoms with van der Waals surface area (Å²) < 4.78 is 31.6. The van der Waals surface area contributed by atoms with E-state index in [0.717, 1.165) is 18.2 Å². The highest BCUT2D eigenvalue weighted by Gasteiger charge is 2.27. The quantitative estimate of drug-likeness (QED) is 0.805. The molecule has 1 aromatic carbocycles. The number of rotatable bonds is 5. The van der Waals surface area contributed by atoms with Crippen LogP contribution >= 0.6 is 0 Å². The summed E-state index contributed by atoms with van der Waals surface area (Å²) in [7, 11) is 3.17. The molecule has 160 valence electrons. The summed E-state index contributed by atoms with van der Waals surface area (Å²) in [5.41, 5.74) is 0.539. The Morgan fingerprint density at radius 2 is 1.83 bits per heavy atom. The third-order valence-corrected chi connectivity index (χ3v) is 5.00. The van der Waals surface area contributed by atoms with Crippen molar-refractivity contribution in [2.24, 2.45) is 0 Å². The van der Waals surface area contributed by atoms with Gasteiger partial charge in [-0.05, 0) is 25.0 Å². The first-order chi connectivity index (χ1) is 14.4. The number of anilines is 1. The van der Waals surface area contributed by atoms with Gasteiger partial charge in [-0.2, -0.15) is 0 Å². The van der Waals surface area contributed by atoms with E-state index < -0.39 is 11.6 Å². The lowest BCUT2D eigenvalue weighted by Gasteiger charge is -2.36. The molecule has 2 aromatic rings. The Bertz CT molecular complexity index is 882. The summed E-state index contributed by atoms with van der Waals surface area (Å²) in [6.45, 7) is 1.17. The van der Waals surface area contributed by atoms with Crippen LogP contribution in [0.5, 0.6) is 0 Å². The third kappa shape index (κ3) is 5.26. The number of hydrogen-bond acceptors (Lipinski definition) is 5. The first-order valence-electron chi connectivity index (χ1n) is 9.46. The zero-order chi connectivity index (χ0) is 21.7. The fourth-order valence-corrected chi connectivity index (χ4v) is 3.32. The molecule has 0 radical (unpaired) electrons. The minimum Gasteiger partial charge on any atom is -0.375 e. The Morgan fingerprint density at radius 1 is 1.17 bits per heavy atom. The van der Waals surface area contributed by atoms with E-state index in [1.165, 1.54) is 19.5 Å². The van der Waals surface area contributed by atoms with Crippen molar-refractivity contribution in [2.45, 2.75) is 18.9 Å². The van der Waals surface area contributed by atoms with Crippen molar-refractivity contribution in [3.63, 3.8) is 0 Å². The fourth-order valence-electron chi connectivity index (χ4n) is 3.32. The number of benzene rings is 1. The van der Waals surface area contributed by atoms with Gasteiger partial charge in [0.05, 0.1) is 18.1 Å². The molecule has 3 rings (SSSR count). The van der Waals surface area contributed by atoms with Crippen LogP contribution in [0.2, 0.25) is 0 Å². The van der Waals surface area contributed by atoms with Gasteiger partial charge in [-0.15, -0.1) is 0 Å². The molecule has 0 spiro atoms. The second-order valence-corrected chi connectivity index (χ2v) is 7.03. The van der Waals surface area contributed by atoms with Gasteiger partial charge in [0.15, 0.2) is 5.82 Å². The lowest BCUT2D eigenvalue weighted by atomic mass is 10.0. The van der Waals surface area contributed by atoms with Gasteiger partial charge in [0.25, 0.3) is 0 Å². The minimum absolute atomic E-state index is 0.0147. The molecule has 30 heavy (non-hydrogen) atoms. The van der Waals surface area contributed by atoms with Crippen LogP contribution in [0.3, 0.4) is 0 Å². The molecule has 2 heterocycles. The third-order valence-electron chi connectivity index (χ3n) is 5.00. The summed E-state index contributed by atoms with van der Waals surface area (Å²) in [5, 5.41) is 2.66. The van der Waals surface area contributed by atoms with E-state index in [2.05, 4.69) is 15.3 Å². The number of piperidine rings is 1. The summed E-state index contributed by atoms with van der Waals surface area (Å²) in [6.07, 6.45) is 3.99. The monoisotopic (exact) mass is 419 g/mol. The normalized spacial score (nSPS) is 14.5. The zero-order valence-corrected chi connectivity index (χ0v) is 16.8. The standard InChI is InChI=1S/C20H23F2N5O3/c1-26(16-3-5-27(6-4-16)19(28)12-30-2)20(29)25-18-11-23-17(10-24-18)13-7-14(21)9-15(22)8-13/h7-11,16H,3-6,12H2,1-2H3,(H,24,25,29). The molecule has 1 fully saturated rings. The maximum absolute atomic E-state index is 13.4. The highest BCUT2D eigenvalue weighted by Crippen LogP contribution is 2.20. The van der Waals surface area contributed by atoms with Crippen molar-refractivity contribution in [3.05, 3.63) is 42.2 Å². The second kappa shape index (κ2) is 9.57. The second-order valence-electron chi connectivity index (χ2n) is 7.03. The lowest BCUT2D eigenvalue weighted by molar-refractivity contribution is -0.136. The smallest absolute Gasteiger partial charge is 0.323 e. The van der Waals surface area contributed by atoms with Gasteiger partial charge < -0.3 is 14.5 Å². The number of carbonyl (C=O) groups excluding carboxylic acids is 2. The Labute approximate surface area is 172 Å². The molecule has 1 saturated heterocycles. The first kappa shape index (κ1) is 21.6. The molecular formula is C20H23F2N5O3. The number of urea groups is 1. The van der Waals surface area contributed by atoms with Gasteiger partial charge in [-0.25, -0.2) is 18.6 Å². The number of methoxy groups -OCH3 is 1. The van der Waals surface area contributed by atoms with Gasteiger partial charge in [0.1, 0.15) is 18.2 Å². The van der Waals surface area contributed by atoms with E-state index in [4.69, 9.17) is 4.74 Å². The molecule has 3 amide bonds. The number of aromatic nitrogens is 2. The first-order valence-corrected chi connectivity index (χ1v) is 9.46. The number of nitrogens with zero attached hydrogens (tertiary/aromatic N) is 4. The van der Waals surface area contributed by atoms with E-state index in [1.807, 2.05) is 0 Å². The Balaban J connectivity index is 1.56. The zero-order valence-electron chi connectivity index (χ0n) is 16.8. The molecule has 8 nitrogen and oxygen atoms in total. The van der Waals surface area contributed by atoms with Crippen LogP contribution in [0, 0.1) is 11.6 Å². The van der Waals surface area contributed by atoms with Crippen molar-refractivity contribution < 1.29 is 23.1 Å². The topological polar surface area (TPSA) is 87.7 Å². The van der Waals surface area contributed by atoms with Crippen molar-refractivity contribution >= 4 is 17.8 Å². The van der Waals surface area contributed by atoms with E-state index in [-0.39, 0.29) is 41.7 Å². The highest BCUT2D eigenvalue weighted by molar-refractivity contribution is 5.88. The molecule has 1 N–H and O–H groups in total. The molecule has 1 aliphatic heterocycles. The number of ether oxygens (including phenoxy) is 1. The van der Waals surface area contributed by atoms with E-state index in [9.17, 15) is 18.4 Å². The predicted octanol–water partition coefficient (Wildman–Crippen LogP) is 2.52. The van der Waals surface area contributed by atoms with Gasteiger partial charge >= 0.3 is 6.03 Å². The average molecular weight is 419 g/mol. The molecule has 10 heteroatoms. The van der Waals surface area contributed by atoms with Gasteiger partial charge in [-0.3, -0.25) is 15.1 Å². The van der Waals surface area contributed by atoms with Crippen LogP contribution in [0.15, 0.2) is 30.6 Å². The number of halogens is 2. The SMILES string of the molecule is COCC(=O)N1CCC(N(C)C(=O)Nc2cnc(-c3cc(F)cc(F)c3)cn2)CC1. The van der Waals surface area contributed by atoms with Gasteiger partial charge in [0, 0.05) is 44.9 Å². The average Bonchev–Trinajstić information content (AvgIpc) is 2.73. The summed E-state index contributed by atoms with van der Waals surface area (Å²) in [6, 6.07) is 2.72. The van der Waals surface area contributed by atoms with Crippen LogP contribution < -0.4 is 5.32 Å². The molecule has 0 unspecified atom stereocenters. The van der Waals surface area contributed by atoms with Crippen molar-refractivity contribution in [1.29, 1.82) is 0 Å². The Kier molecular flexibility index (Phi) is 6.88. The summed E-state index contributed by atoms with van der Waals surface area (Å²) in [4.78, 5) is 35.9. The molecule has 0 aliphatic carbocycles. The van der Waals surface area contributed by atoms with Gasteiger partial charge in [-0.1, -0.05) is 0 Å². The molecule has 0 bridgehead atoms. The Morgan fingerprint density at radius 3 is 2.40 bits per heavy atom. The number of nitrogens with one attached hydrogen (secondary N) is 1. The van der Waals surface area contributed by atoms with Crippen LogP contribution in [0.4, 0.5) is 19.4 Å². The molecular weight excluding hydrogens is 396 g/mol. The summed E-state index contributed by atoms with van der Waals surface area (Å²) >= 11 is 0. The Hall–Kier alpha value is -3.14. The van der Waals surface area contributed by atoms with Crippen LogP contribution in [-0.2, 0) is 9.53 Å². The van der Waals surface area contributed by atoms with Crippen LogP contribution in [0.25, 0.3) is 11.3 Å². The number of carbonyl (C=O) groups is 2. The number of amides is 3. The highest BCUT2D eigenvalue weighted by atomic mass is 19.1. The van der Waals surface area contributed by atoms with Crippen molar-refractivity contribution in [1.82, 2.24) is 19.8 Å². The molecule has 0 atom stereocenters. The molecule has 0 saturated carbocycles. The maximum atomic E-state index is 13.4. The van der Waals surface area contributed by atoms with Crippen molar-refractivity contribution in [3.8, 4) is 11.3 Å². The lowest BCUT2D eigenvalue weighted by Crippen LogP contribution is -2.49. The largest absolute Gasteiger partial charge is 0.375 e. The minimum atomic E-state index is -0.708. The molecule has 1 aliphatic rings. The van der Waals surface area contributed by atoms with Crippen molar-refractivity contribution in [2.75, 3.05) is 39.2 Å². The van der Waals surface area contributed by atoms with E-state index >= 15 is 0 Å². The van der Waals surface area contributed by atoms with E-state index in [1.54, 1.807) is 16.8 Å². The molecule has 1 aromatic heterocycles. The number of likely N-dealkylation sites (tertiary alicyclic amines) is 1. The van der Waals surface area contributed by atoms with E-state index in [0.29, 0.717) is 25.9 Å². The van der Waals surface area contributed by atoms with Crippen LogP contribution in [-0.4, -0.2) is 71.6 Å². The summed E-state index contributed by atoms with van der Waals surface area (Å²) in [5.74, 6) is -1.25. The van der Waals surface area contributed by atoms with Crippen LogP contribution in [0.1, 0.15) is 12.8 Å². The fraction of sp³-hybridized carbons (Fsp3) is 0.400. The number of hydrogen-bond donors (Lipinski definition) is 1. The van der Waals surface area contributed by atoms with Gasteiger partial charge in [0.2, 0.25) is 5.91 Å².